The number of benzene rings is 1. The van der Waals surface area contributed by atoms with Crippen LogP contribution in [-0.4, -0.2) is 19.7 Å². The van der Waals surface area contributed by atoms with Crippen molar-refractivity contribution in [3.63, 3.8) is 0 Å². The highest BCUT2D eigenvalue weighted by molar-refractivity contribution is 6.31. The first-order chi connectivity index (χ1) is 7.11. The second kappa shape index (κ2) is 5.03. The zero-order valence-corrected chi connectivity index (χ0v) is 9.72. The molecule has 0 atom stereocenters. The molecule has 1 aromatic carbocycles. The first-order valence-corrected chi connectivity index (χ1v) is 4.99. The van der Waals surface area contributed by atoms with Gasteiger partial charge in [-0.15, -0.1) is 0 Å². The van der Waals surface area contributed by atoms with Crippen LogP contribution in [0.1, 0.15) is 22.8 Å². The largest absolute Gasteiger partial charge is 0.496 e. The van der Waals surface area contributed by atoms with Gasteiger partial charge in [-0.05, 0) is 26.0 Å². The van der Waals surface area contributed by atoms with E-state index in [2.05, 4.69) is 0 Å². The molecule has 0 aromatic heterocycles. The summed E-state index contributed by atoms with van der Waals surface area (Å²) in [6, 6.07) is 3.26. The molecule has 0 unspecified atom stereocenters. The summed E-state index contributed by atoms with van der Waals surface area (Å²) in [5.74, 6) is 0.0788. The maximum atomic E-state index is 11.5. The van der Waals surface area contributed by atoms with Gasteiger partial charge >= 0.3 is 5.97 Å². The Hall–Kier alpha value is -1.22. The van der Waals surface area contributed by atoms with E-state index in [0.29, 0.717) is 22.9 Å². The van der Waals surface area contributed by atoms with Crippen LogP contribution in [0.15, 0.2) is 12.1 Å². The average molecular weight is 229 g/mol. The predicted octanol–water partition coefficient (Wildman–Crippen LogP) is 2.83. The van der Waals surface area contributed by atoms with Gasteiger partial charge in [0.2, 0.25) is 0 Å². The number of halogens is 1. The number of esters is 1. The van der Waals surface area contributed by atoms with E-state index < -0.39 is 5.97 Å². The van der Waals surface area contributed by atoms with Crippen molar-refractivity contribution in [2.45, 2.75) is 13.8 Å². The van der Waals surface area contributed by atoms with Crippen LogP contribution in [0.25, 0.3) is 0 Å². The summed E-state index contributed by atoms with van der Waals surface area (Å²) >= 11 is 5.91. The van der Waals surface area contributed by atoms with Gasteiger partial charge in [0.1, 0.15) is 11.3 Å². The number of carbonyl (C=O) groups excluding carboxylic acids is 1. The Labute approximate surface area is 93.9 Å². The number of carbonyl (C=O) groups is 1. The van der Waals surface area contributed by atoms with E-state index in [1.54, 1.807) is 26.0 Å². The van der Waals surface area contributed by atoms with E-state index in [9.17, 15) is 4.79 Å². The topological polar surface area (TPSA) is 35.5 Å². The molecule has 0 aliphatic heterocycles. The smallest absolute Gasteiger partial charge is 0.341 e. The lowest BCUT2D eigenvalue weighted by atomic mass is 10.1. The molecule has 0 saturated carbocycles. The van der Waals surface area contributed by atoms with Gasteiger partial charge in [0.15, 0.2) is 0 Å². The third kappa shape index (κ3) is 2.42. The minimum atomic E-state index is -0.394. The molecule has 0 saturated heterocycles. The van der Waals surface area contributed by atoms with E-state index in [-0.39, 0.29) is 0 Å². The summed E-state index contributed by atoms with van der Waals surface area (Å²) in [6.07, 6.45) is 0. The molecule has 1 aromatic rings. The molecule has 0 aliphatic carbocycles. The van der Waals surface area contributed by atoms with Gasteiger partial charge in [0, 0.05) is 10.6 Å². The van der Waals surface area contributed by atoms with Gasteiger partial charge in [-0.3, -0.25) is 0 Å². The summed E-state index contributed by atoms with van der Waals surface area (Å²) in [6.45, 7) is 3.89. The molecular formula is C11H13ClO3. The number of ether oxygens (including phenoxy) is 2. The minimum Gasteiger partial charge on any atom is -0.496 e. The SMILES string of the molecule is CCOC(=O)c1ccc(Cl)c(C)c1OC. The third-order valence-corrected chi connectivity index (χ3v) is 2.45. The molecule has 0 heterocycles. The van der Waals surface area contributed by atoms with Crippen LogP contribution in [0.4, 0.5) is 0 Å². The molecule has 82 valence electrons. The van der Waals surface area contributed by atoms with Gasteiger partial charge in [0.25, 0.3) is 0 Å². The maximum Gasteiger partial charge on any atom is 0.341 e. The van der Waals surface area contributed by atoms with Crippen LogP contribution < -0.4 is 4.74 Å². The molecule has 15 heavy (non-hydrogen) atoms. The standard InChI is InChI=1S/C11H13ClO3/c1-4-15-11(13)8-5-6-9(12)7(2)10(8)14-3/h5-6H,4H2,1-3H3. The van der Waals surface area contributed by atoms with Crippen molar-refractivity contribution in [3.05, 3.63) is 28.3 Å². The van der Waals surface area contributed by atoms with Crippen LogP contribution >= 0.6 is 11.6 Å². The summed E-state index contributed by atoms with van der Waals surface area (Å²) in [7, 11) is 1.50. The number of hydrogen-bond acceptors (Lipinski definition) is 3. The molecule has 3 nitrogen and oxygen atoms in total. The van der Waals surface area contributed by atoms with Gasteiger partial charge in [-0.1, -0.05) is 11.6 Å². The zero-order valence-electron chi connectivity index (χ0n) is 8.96. The maximum absolute atomic E-state index is 11.5. The Bertz CT molecular complexity index is 374. The summed E-state index contributed by atoms with van der Waals surface area (Å²) in [4.78, 5) is 11.5. The number of hydrogen-bond donors (Lipinski definition) is 0. The fraction of sp³-hybridized carbons (Fsp3) is 0.364. The lowest BCUT2D eigenvalue weighted by molar-refractivity contribution is 0.0522. The van der Waals surface area contributed by atoms with E-state index >= 15 is 0 Å². The molecule has 0 radical (unpaired) electrons. The van der Waals surface area contributed by atoms with Crippen LogP contribution in [0.5, 0.6) is 5.75 Å². The monoisotopic (exact) mass is 228 g/mol. The minimum absolute atomic E-state index is 0.337. The van der Waals surface area contributed by atoms with Gasteiger partial charge in [-0.25, -0.2) is 4.79 Å². The molecule has 0 aliphatic rings. The molecular weight excluding hydrogens is 216 g/mol. The summed E-state index contributed by atoms with van der Waals surface area (Å²) < 4.78 is 10.0. The van der Waals surface area contributed by atoms with Crippen molar-refractivity contribution in [1.29, 1.82) is 0 Å². The fourth-order valence-corrected chi connectivity index (χ4v) is 1.45. The molecule has 0 fully saturated rings. The quantitative estimate of drug-likeness (QED) is 0.747. The van der Waals surface area contributed by atoms with Crippen molar-refractivity contribution >= 4 is 17.6 Å². The average Bonchev–Trinajstić information content (AvgIpc) is 2.22. The van der Waals surface area contributed by atoms with Crippen LogP contribution in [0.3, 0.4) is 0 Å². The zero-order chi connectivity index (χ0) is 11.4. The molecule has 0 bridgehead atoms. The van der Waals surface area contributed by atoms with Gasteiger partial charge in [0.05, 0.1) is 13.7 Å². The van der Waals surface area contributed by atoms with Gasteiger partial charge < -0.3 is 9.47 Å². The highest BCUT2D eigenvalue weighted by Gasteiger charge is 2.16. The van der Waals surface area contributed by atoms with E-state index in [4.69, 9.17) is 21.1 Å². The number of rotatable bonds is 3. The lowest BCUT2D eigenvalue weighted by Gasteiger charge is -2.11. The molecule has 4 heteroatoms. The van der Waals surface area contributed by atoms with Crippen molar-refractivity contribution in [3.8, 4) is 5.75 Å². The Morgan fingerprint density at radius 2 is 2.13 bits per heavy atom. The first kappa shape index (κ1) is 11.9. The van der Waals surface area contributed by atoms with Crippen LogP contribution in [0.2, 0.25) is 5.02 Å². The van der Waals surface area contributed by atoms with Crippen molar-refractivity contribution < 1.29 is 14.3 Å². The molecule has 1 rings (SSSR count). The molecule has 0 N–H and O–H groups in total. The Kier molecular flexibility index (Phi) is 3.97. The van der Waals surface area contributed by atoms with Crippen LogP contribution in [0, 0.1) is 6.92 Å². The second-order valence-electron chi connectivity index (χ2n) is 2.97. The van der Waals surface area contributed by atoms with E-state index in [1.165, 1.54) is 7.11 Å². The Balaban J connectivity index is 3.18. The van der Waals surface area contributed by atoms with E-state index in [0.717, 1.165) is 5.56 Å². The lowest BCUT2D eigenvalue weighted by Crippen LogP contribution is -2.07. The van der Waals surface area contributed by atoms with Crippen molar-refractivity contribution in [1.82, 2.24) is 0 Å². The highest BCUT2D eigenvalue weighted by atomic mass is 35.5. The Morgan fingerprint density at radius 1 is 1.47 bits per heavy atom. The second-order valence-corrected chi connectivity index (χ2v) is 3.38. The third-order valence-electron chi connectivity index (χ3n) is 2.04. The summed E-state index contributed by atoms with van der Waals surface area (Å²) in [5.41, 5.74) is 1.14. The fourth-order valence-electron chi connectivity index (χ4n) is 1.30. The molecule has 0 spiro atoms. The van der Waals surface area contributed by atoms with Crippen LogP contribution in [-0.2, 0) is 4.74 Å². The first-order valence-electron chi connectivity index (χ1n) is 4.62. The number of methoxy groups -OCH3 is 1. The highest BCUT2D eigenvalue weighted by Crippen LogP contribution is 2.29. The van der Waals surface area contributed by atoms with E-state index in [1.807, 2.05) is 0 Å². The summed E-state index contributed by atoms with van der Waals surface area (Å²) in [5, 5.41) is 0.569. The normalized spacial score (nSPS) is 9.87. The van der Waals surface area contributed by atoms with Gasteiger partial charge in [-0.2, -0.15) is 0 Å². The van der Waals surface area contributed by atoms with Crippen molar-refractivity contribution in [2.75, 3.05) is 13.7 Å². The predicted molar refractivity (Wildman–Crippen MR) is 58.7 cm³/mol. The van der Waals surface area contributed by atoms with Crippen molar-refractivity contribution in [2.24, 2.45) is 0 Å². The molecule has 0 amide bonds. The Morgan fingerprint density at radius 3 is 2.67 bits per heavy atom.